The van der Waals surface area contributed by atoms with Crippen molar-refractivity contribution in [2.75, 3.05) is 5.32 Å². The lowest BCUT2D eigenvalue weighted by atomic mass is 9.87. The summed E-state index contributed by atoms with van der Waals surface area (Å²) in [5.74, 6) is -0.546. The minimum atomic E-state index is -0.380. The molecule has 2 unspecified atom stereocenters. The van der Waals surface area contributed by atoms with E-state index in [0.717, 1.165) is 31.2 Å². The van der Waals surface area contributed by atoms with Gasteiger partial charge < -0.3 is 16.0 Å². The number of nitrogens with one attached hydrogen (secondary N) is 1. The van der Waals surface area contributed by atoms with Crippen LogP contribution >= 0.6 is 0 Å². The van der Waals surface area contributed by atoms with Gasteiger partial charge >= 0.3 is 0 Å². The van der Waals surface area contributed by atoms with Crippen LogP contribution in [0.4, 0.5) is 10.1 Å². The largest absolute Gasteiger partial charge is 0.334 e. The van der Waals surface area contributed by atoms with Gasteiger partial charge in [0.15, 0.2) is 0 Å². The molecule has 5 nitrogen and oxygen atoms in total. The van der Waals surface area contributed by atoms with E-state index < -0.39 is 0 Å². The monoisotopic (exact) mass is 439 g/mol. The predicted octanol–water partition coefficient (Wildman–Crippen LogP) is 5.11. The van der Waals surface area contributed by atoms with Crippen LogP contribution in [0.3, 0.4) is 0 Å². The number of hydrogen-bond donors (Lipinski definition) is 2. The fourth-order valence-corrected chi connectivity index (χ4v) is 4.17. The fraction of sp³-hybridized carbons (Fsp3) is 0.462. The Labute approximate surface area is 190 Å². The van der Waals surface area contributed by atoms with Crippen LogP contribution in [-0.4, -0.2) is 28.8 Å². The molecule has 0 bridgehead atoms. The highest BCUT2D eigenvalue weighted by Gasteiger charge is 2.32. The summed E-state index contributed by atoms with van der Waals surface area (Å²) in [7, 11) is 0. The maximum absolute atomic E-state index is 13.2. The molecule has 1 aliphatic carbocycles. The maximum Gasteiger partial charge on any atom is 0.255 e. The summed E-state index contributed by atoms with van der Waals surface area (Å²) in [6.07, 6.45) is 4.55. The lowest BCUT2D eigenvalue weighted by Crippen LogP contribution is -2.52. The van der Waals surface area contributed by atoms with Gasteiger partial charge in [0.05, 0.1) is 0 Å². The highest BCUT2D eigenvalue weighted by molar-refractivity contribution is 6.04. The Morgan fingerprint density at radius 3 is 2.25 bits per heavy atom. The van der Waals surface area contributed by atoms with Crippen LogP contribution in [0, 0.1) is 11.2 Å². The van der Waals surface area contributed by atoms with Gasteiger partial charge in [-0.05, 0) is 60.2 Å². The van der Waals surface area contributed by atoms with Crippen LogP contribution in [0.1, 0.15) is 68.8 Å². The predicted molar refractivity (Wildman–Crippen MR) is 126 cm³/mol. The van der Waals surface area contributed by atoms with E-state index in [2.05, 4.69) is 26.1 Å². The molecule has 3 N–H and O–H groups in total. The first-order chi connectivity index (χ1) is 15.1. The van der Waals surface area contributed by atoms with Crippen molar-refractivity contribution in [1.82, 2.24) is 4.90 Å². The summed E-state index contributed by atoms with van der Waals surface area (Å²) in [4.78, 5) is 27.5. The lowest BCUT2D eigenvalue weighted by Gasteiger charge is -2.39. The SMILES string of the molecule is CC(C)(C)CC(=O)N(Cc1ccc(NC(=O)c2ccc(F)cc2)cc1)C1CCCCC1N. The van der Waals surface area contributed by atoms with E-state index in [9.17, 15) is 14.0 Å². The number of carbonyl (C=O) groups is 2. The summed E-state index contributed by atoms with van der Waals surface area (Å²) >= 11 is 0. The number of hydrogen-bond acceptors (Lipinski definition) is 3. The van der Waals surface area contributed by atoms with Gasteiger partial charge in [-0.2, -0.15) is 0 Å². The van der Waals surface area contributed by atoms with Gasteiger partial charge in [0.25, 0.3) is 5.91 Å². The number of amides is 2. The Morgan fingerprint density at radius 1 is 1.03 bits per heavy atom. The normalized spacial score (nSPS) is 18.8. The standard InChI is InChI=1S/C26H34FN3O2/c1-26(2,3)16-24(31)30(23-7-5-4-6-22(23)28)17-18-8-14-21(15-9-18)29-25(32)19-10-12-20(27)13-11-19/h8-15,22-23H,4-7,16-17,28H2,1-3H3,(H,29,32). The second-order valence-electron chi connectivity index (χ2n) is 9.93. The smallest absolute Gasteiger partial charge is 0.255 e. The fourth-order valence-electron chi connectivity index (χ4n) is 4.17. The number of rotatable bonds is 6. The first kappa shape index (κ1) is 23.9. The highest BCUT2D eigenvalue weighted by atomic mass is 19.1. The minimum absolute atomic E-state index is 0.00180. The number of halogens is 1. The summed E-state index contributed by atoms with van der Waals surface area (Å²) in [6, 6.07) is 13.0. The van der Waals surface area contributed by atoms with Gasteiger partial charge in [-0.3, -0.25) is 9.59 Å². The summed E-state index contributed by atoms with van der Waals surface area (Å²) in [5.41, 5.74) is 8.34. The molecule has 1 fully saturated rings. The molecule has 2 amide bonds. The molecule has 0 saturated heterocycles. The maximum atomic E-state index is 13.2. The molecular weight excluding hydrogens is 405 g/mol. The van der Waals surface area contributed by atoms with E-state index in [1.54, 1.807) is 0 Å². The number of nitrogens with zero attached hydrogens (tertiary/aromatic N) is 1. The van der Waals surface area contributed by atoms with Gasteiger partial charge in [-0.1, -0.05) is 45.7 Å². The van der Waals surface area contributed by atoms with Crippen LogP contribution in [0.2, 0.25) is 0 Å². The molecule has 3 rings (SSSR count). The first-order valence-electron chi connectivity index (χ1n) is 11.3. The summed E-state index contributed by atoms with van der Waals surface area (Å²) in [6.45, 7) is 6.72. The van der Waals surface area contributed by atoms with Gasteiger partial charge in [-0.25, -0.2) is 4.39 Å². The summed E-state index contributed by atoms with van der Waals surface area (Å²) in [5, 5.41) is 2.82. The molecule has 0 radical (unpaired) electrons. The van der Waals surface area contributed by atoms with Crippen LogP contribution < -0.4 is 11.1 Å². The van der Waals surface area contributed by atoms with E-state index in [1.807, 2.05) is 29.2 Å². The molecule has 2 aromatic rings. The van der Waals surface area contributed by atoms with Crippen molar-refractivity contribution >= 4 is 17.5 Å². The molecule has 32 heavy (non-hydrogen) atoms. The molecule has 0 spiro atoms. The van der Waals surface area contributed by atoms with Crippen LogP contribution in [0.5, 0.6) is 0 Å². The molecule has 6 heteroatoms. The van der Waals surface area contributed by atoms with Crippen molar-refractivity contribution in [1.29, 1.82) is 0 Å². The van der Waals surface area contributed by atoms with Crippen molar-refractivity contribution in [2.24, 2.45) is 11.1 Å². The molecule has 172 valence electrons. The molecule has 0 aromatic heterocycles. The van der Waals surface area contributed by atoms with Crippen molar-refractivity contribution in [3.05, 3.63) is 65.5 Å². The third kappa shape index (κ3) is 6.63. The Balaban J connectivity index is 1.71. The Kier molecular flexibility index (Phi) is 7.67. The average molecular weight is 440 g/mol. The zero-order valence-electron chi connectivity index (χ0n) is 19.2. The van der Waals surface area contributed by atoms with E-state index in [0.29, 0.717) is 24.2 Å². The first-order valence-corrected chi connectivity index (χ1v) is 11.3. The molecule has 1 aliphatic rings. The van der Waals surface area contributed by atoms with Gasteiger partial charge in [0.2, 0.25) is 5.91 Å². The van der Waals surface area contributed by atoms with Gasteiger partial charge in [0.1, 0.15) is 5.82 Å². The zero-order chi connectivity index (χ0) is 23.3. The number of nitrogens with two attached hydrogens (primary N) is 1. The molecule has 0 heterocycles. The van der Waals surface area contributed by atoms with Crippen molar-refractivity contribution < 1.29 is 14.0 Å². The van der Waals surface area contributed by atoms with Crippen molar-refractivity contribution in [3.8, 4) is 0 Å². The zero-order valence-corrected chi connectivity index (χ0v) is 19.2. The second kappa shape index (κ2) is 10.3. The van der Waals surface area contributed by atoms with Crippen LogP contribution in [-0.2, 0) is 11.3 Å². The molecular formula is C26H34FN3O2. The summed E-state index contributed by atoms with van der Waals surface area (Å²) < 4.78 is 13.1. The minimum Gasteiger partial charge on any atom is -0.334 e. The van der Waals surface area contributed by atoms with E-state index in [1.165, 1.54) is 24.3 Å². The Bertz CT molecular complexity index is 920. The number of anilines is 1. The van der Waals surface area contributed by atoms with E-state index >= 15 is 0 Å². The lowest BCUT2D eigenvalue weighted by molar-refractivity contribution is -0.137. The van der Waals surface area contributed by atoms with Crippen molar-refractivity contribution in [3.63, 3.8) is 0 Å². The van der Waals surface area contributed by atoms with E-state index in [-0.39, 0.29) is 35.1 Å². The van der Waals surface area contributed by atoms with Crippen LogP contribution in [0.25, 0.3) is 0 Å². The van der Waals surface area contributed by atoms with Gasteiger partial charge in [0, 0.05) is 36.3 Å². The molecule has 1 saturated carbocycles. The molecule has 2 aromatic carbocycles. The quantitative estimate of drug-likeness (QED) is 0.656. The topological polar surface area (TPSA) is 75.4 Å². The van der Waals surface area contributed by atoms with Crippen molar-refractivity contribution in [2.45, 2.75) is 71.5 Å². The second-order valence-corrected chi connectivity index (χ2v) is 9.93. The Hall–Kier alpha value is -2.73. The van der Waals surface area contributed by atoms with Crippen LogP contribution in [0.15, 0.2) is 48.5 Å². The number of benzene rings is 2. The number of carbonyl (C=O) groups excluding carboxylic acids is 2. The molecule has 0 aliphatic heterocycles. The third-order valence-electron chi connectivity index (χ3n) is 5.85. The third-order valence-corrected chi connectivity index (χ3v) is 5.85. The average Bonchev–Trinajstić information content (AvgIpc) is 2.73. The highest BCUT2D eigenvalue weighted by Crippen LogP contribution is 2.28. The molecule has 2 atom stereocenters. The Morgan fingerprint density at radius 2 is 1.66 bits per heavy atom. The van der Waals surface area contributed by atoms with E-state index in [4.69, 9.17) is 5.73 Å². The van der Waals surface area contributed by atoms with Gasteiger partial charge in [-0.15, -0.1) is 0 Å².